The molecule has 1 N–H and O–H groups in total. The molecule has 0 aliphatic carbocycles. The molecule has 2 saturated heterocycles. The van der Waals surface area contributed by atoms with Gasteiger partial charge in [0.2, 0.25) is 5.91 Å². The molecular weight excluding hydrogens is 285 g/mol. The molecule has 5 nitrogen and oxygen atoms in total. The summed E-state index contributed by atoms with van der Waals surface area (Å²) in [6.07, 6.45) is 0.664. The number of nitriles is 1. The highest BCUT2D eigenvalue weighted by atomic mass is 19.1. The van der Waals surface area contributed by atoms with Crippen LogP contribution in [0, 0.1) is 28.5 Å². The van der Waals surface area contributed by atoms with E-state index in [4.69, 9.17) is 4.74 Å². The van der Waals surface area contributed by atoms with Gasteiger partial charge in [0.25, 0.3) is 0 Å². The first-order valence-corrected chi connectivity index (χ1v) is 7.35. The van der Waals surface area contributed by atoms with Crippen LogP contribution in [0.15, 0.2) is 18.2 Å². The van der Waals surface area contributed by atoms with Gasteiger partial charge >= 0.3 is 0 Å². The first-order chi connectivity index (χ1) is 10.6. The molecule has 22 heavy (non-hydrogen) atoms. The Morgan fingerprint density at radius 3 is 3.14 bits per heavy atom. The zero-order valence-corrected chi connectivity index (χ0v) is 12.4. The van der Waals surface area contributed by atoms with E-state index in [1.54, 1.807) is 13.1 Å². The van der Waals surface area contributed by atoms with Crippen LogP contribution in [0.5, 0.6) is 0 Å². The quantitative estimate of drug-likeness (QED) is 0.894. The van der Waals surface area contributed by atoms with Crippen molar-refractivity contribution in [3.63, 3.8) is 0 Å². The number of fused-ring (bicyclic) bond motifs is 1. The SMILES string of the molecule is CNC(=O)[C@]12CCOC[C@H]1CN(c1ccc(F)cc1C#N)C2. The second-order valence-electron chi connectivity index (χ2n) is 5.91. The molecule has 0 unspecified atom stereocenters. The van der Waals surface area contributed by atoms with Crippen molar-refractivity contribution in [1.29, 1.82) is 5.26 Å². The summed E-state index contributed by atoms with van der Waals surface area (Å²) in [4.78, 5) is 14.4. The van der Waals surface area contributed by atoms with Gasteiger partial charge in [0.1, 0.15) is 11.9 Å². The van der Waals surface area contributed by atoms with Gasteiger partial charge in [-0.05, 0) is 24.6 Å². The number of carbonyl (C=O) groups excluding carboxylic acids is 1. The number of carbonyl (C=O) groups is 1. The molecule has 0 saturated carbocycles. The van der Waals surface area contributed by atoms with Crippen LogP contribution >= 0.6 is 0 Å². The van der Waals surface area contributed by atoms with Gasteiger partial charge in [-0.3, -0.25) is 4.79 Å². The van der Waals surface area contributed by atoms with Crippen molar-refractivity contribution in [3.8, 4) is 6.07 Å². The van der Waals surface area contributed by atoms with E-state index < -0.39 is 11.2 Å². The van der Waals surface area contributed by atoms with Gasteiger partial charge in [0.15, 0.2) is 0 Å². The molecule has 2 atom stereocenters. The summed E-state index contributed by atoms with van der Waals surface area (Å²) in [5, 5.41) is 12.0. The van der Waals surface area contributed by atoms with E-state index in [2.05, 4.69) is 5.32 Å². The predicted molar refractivity (Wildman–Crippen MR) is 78.8 cm³/mol. The summed E-state index contributed by atoms with van der Waals surface area (Å²) in [5.74, 6) is -0.331. The van der Waals surface area contributed by atoms with Crippen LogP contribution in [0.2, 0.25) is 0 Å². The van der Waals surface area contributed by atoms with Gasteiger partial charge in [-0.1, -0.05) is 0 Å². The lowest BCUT2D eigenvalue weighted by molar-refractivity contribution is -0.138. The van der Waals surface area contributed by atoms with Crippen LogP contribution in [0.25, 0.3) is 0 Å². The minimum Gasteiger partial charge on any atom is -0.381 e. The summed E-state index contributed by atoms with van der Waals surface area (Å²) >= 11 is 0. The Morgan fingerprint density at radius 1 is 1.59 bits per heavy atom. The van der Waals surface area contributed by atoms with Crippen molar-refractivity contribution in [2.45, 2.75) is 6.42 Å². The third-order valence-corrected chi connectivity index (χ3v) is 4.81. The van der Waals surface area contributed by atoms with Crippen molar-refractivity contribution in [2.24, 2.45) is 11.3 Å². The number of rotatable bonds is 2. The topological polar surface area (TPSA) is 65.4 Å². The number of benzene rings is 1. The van der Waals surface area contributed by atoms with Gasteiger partial charge in [0.05, 0.1) is 23.3 Å². The number of halogens is 1. The third kappa shape index (κ3) is 2.22. The van der Waals surface area contributed by atoms with Crippen LogP contribution in [-0.4, -0.2) is 39.3 Å². The van der Waals surface area contributed by atoms with Gasteiger partial charge in [-0.25, -0.2) is 4.39 Å². The number of ether oxygens (including phenoxy) is 1. The van der Waals surface area contributed by atoms with Crippen LogP contribution in [-0.2, 0) is 9.53 Å². The zero-order chi connectivity index (χ0) is 15.7. The Labute approximate surface area is 128 Å². The average Bonchev–Trinajstić information content (AvgIpc) is 2.94. The van der Waals surface area contributed by atoms with Gasteiger partial charge in [0, 0.05) is 32.7 Å². The monoisotopic (exact) mass is 303 g/mol. The molecule has 0 bridgehead atoms. The second kappa shape index (κ2) is 5.58. The summed E-state index contributed by atoms with van der Waals surface area (Å²) in [7, 11) is 1.64. The fourth-order valence-electron chi connectivity index (χ4n) is 3.63. The highest BCUT2D eigenvalue weighted by Gasteiger charge is 2.53. The highest BCUT2D eigenvalue weighted by Crippen LogP contribution is 2.44. The minimum absolute atomic E-state index is 0.0175. The largest absolute Gasteiger partial charge is 0.381 e. The van der Waals surface area contributed by atoms with E-state index in [0.717, 1.165) is 0 Å². The van der Waals surface area contributed by atoms with Gasteiger partial charge in [-0.15, -0.1) is 0 Å². The maximum atomic E-state index is 13.3. The molecule has 3 rings (SSSR count). The first kappa shape index (κ1) is 14.8. The number of hydrogen-bond acceptors (Lipinski definition) is 4. The Kier molecular flexibility index (Phi) is 3.75. The van der Waals surface area contributed by atoms with Crippen molar-refractivity contribution >= 4 is 11.6 Å². The normalized spacial score (nSPS) is 27.1. The Morgan fingerprint density at radius 2 is 2.41 bits per heavy atom. The maximum Gasteiger partial charge on any atom is 0.228 e. The van der Waals surface area contributed by atoms with E-state index in [9.17, 15) is 14.4 Å². The lowest BCUT2D eigenvalue weighted by Gasteiger charge is -2.36. The third-order valence-electron chi connectivity index (χ3n) is 4.81. The van der Waals surface area contributed by atoms with E-state index >= 15 is 0 Å². The fourth-order valence-corrected chi connectivity index (χ4v) is 3.63. The summed E-state index contributed by atoms with van der Waals surface area (Å²) < 4.78 is 18.9. The highest BCUT2D eigenvalue weighted by molar-refractivity contribution is 5.85. The van der Waals surface area contributed by atoms with Gasteiger partial charge in [-0.2, -0.15) is 5.26 Å². The molecule has 0 aromatic heterocycles. The molecule has 0 radical (unpaired) electrons. The molecule has 1 aromatic carbocycles. The van der Waals surface area contributed by atoms with E-state index in [-0.39, 0.29) is 11.8 Å². The maximum absolute atomic E-state index is 13.3. The molecule has 2 fully saturated rings. The summed E-state index contributed by atoms with van der Waals surface area (Å²) in [6.45, 7) is 2.26. The van der Waals surface area contributed by atoms with Crippen molar-refractivity contribution in [1.82, 2.24) is 5.32 Å². The minimum atomic E-state index is -0.492. The fraction of sp³-hybridized carbons (Fsp3) is 0.500. The zero-order valence-electron chi connectivity index (χ0n) is 12.4. The number of hydrogen-bond donors (Lipinski definition) is 1. The van der Waals surface area contributed by atoms with Crippen molar-refractivity contribution in [2.75, 3.05) is 38.3 Å². The predicted octanol–water partition coefficient (Wildman–Crippen LogP) is 1.29. The lowest BCUT2D eigenvalue weighted by Crippen LogP contribution is -2.49. The molecular formula is C16H18FN3O2. The Hall–Kier alpha value is -2.13. The molecule has 6 heteroatoms. The van der Waals surface area contributed by atoms with E-state index in [1.807, 2.05) is 11.0 Å². The van der Waals surface area contributed by atoms with Crippen LogP contribution in [0.1, 0.15) is 12.0 Å². The second-order valence-corrected chi connectivity index (χ2v) is 5.91. The number of anilines is 1. The van der Waals surface area contributed by atoms with Crippen LogP contribution in [0.4, 0.5) is 10.1 Å². The molecule has 2 heterocycles. The number of nitrogens with one attached hydrogen (secondary N) is 1. The Balaban J connectivity index is 1.96. The first-order valence-electron chi connectivity index (χ1n) is 7.35. The number of nitrogens with zero attached hydrogens (tertiary/aromatic N) is 2. The van der Waals surface area contributed by atoms with Gasteiger partial charge < -0.3 is 15.0 Å². The Bertz CT molecular complexity index is 643. The van der Waals surface area contributed by atoms with Crippen LogP contribution in [0.3, 0.4) is 0 Å². The van der Waals surface area contributed by atoms with Crippen molar-refractivity contribution in [3.05, 3.63) is 29.6 Å². The number of amides is 1. The van der Waals surface area contributed by atoms with E-state index in [1.165, 1.54) is 12.1 Å². The summed E-state index contributed by atoms with van der Waals surface area (Å²) in [5.41, 5.74) is 0.488. The smallest absolute Gasteiger partial charge is 0.228 e. The molecule has 2 aliphatic rings. The molecule has 0 spiro atoms. The van der Waals surface area contributed by atoms with E-state index in [0.29, 0.717) is 44.0 Å². The molecule has 1 amide bonds. The standard InChI is InChI=1S/C16H18FN3O2/c1-19-15(21)16-4-5-22-9-12(16)8-20(10-16)14-3-2-13(17)6-11(14)7-18/h2-3,6,12H,4-5,8-10H2,1H3,(H,19,21)/t12-,16+/m1/s1. The molecule has 116 valence electrons. The lowest BCUT2D eigenvalue weighted by atomic mass is 9.73. The summed E-state index contributed by atoms with van der Waals surface area (Å²) in [6, 6.07) is 6.24. The van der Waals surface area contributed by atoms with Crippen molar-refractivity contribution < 1.29 is 13.9 Å². The average molecular weight is 303 g/mol. The molecule has 2 aliphatic heterocycles. The molecule has 1 aromatic rings. The van der Waals surface area contributed by atoms with Crippen LogP contribution < -0.4 is 10.2 Å².